The van der Waals surface area contributed by atoms with Crippen molar-refractivity contribution in [3.8, 4) is 5.75 Å². The van der Waals surface area contributed by atoms with E-state index in [0.717, 1.165) is 18.4 Å². The van der Waals surface area contributed by atoms with E-state index in [1.54, 1.807) is 24.3 Å². The van der Waals surface area contributed by atoms with Crippen LogP contribution in [0.4, 0.5) is 0 Å². The van der Waals surface area contributed by atoms with Crippen molar-refractivity contribution >= 4 is 27.6 Å². The van der Waals surface area contributed by atoms with Crippen LogP contribution in [0.1, 0.15) is 28.8 Å². The molecule has 0 radical (unpaired) electrons. The van der Waals surface area contributed by atoms with Gasteiger partial charge in [-0.05, 0) is 48.7 Å². The number of halogens is 1. The average Bonchev–Trinajstić information content (AvgIpc) is 3.43. The third-order valence-electron chi connectivity index (χ3n) is 3.87. The summed E-state index contributed by atoms with van der Waals surface area (Å²) in [6.45, 7) is 0.0600. The van der Waals surface area contributed by atoms with Crippen molar-refractivity contribution in [2.75, 3.05) is 7.11 Å². The molecule has 6 nitrogen and oxygen atoms in total. The smallest absolute Gasteiger partial charge is 0.338 e. The van der Waals surface area contributed by atoms with E-state index in [2.05, 4.69) is 4.72 Å². The van der Waals surface area contributed by atoms with E-state index in [-0.39, 0.29) is 28.9 Å². The Morgan fingerprint density at radius 2 is 1.88 bits per heavy atom. The van der Waals surface area contributed by atoms with Crippen molar-refractivity contribution in [3.05, 3.63) is 58.6 Å². The number of methoxy groups -OCH3 is 1. The van der Waals surface area contributed by atoms with Crippen LogP contribution in [0, 0.1) is 0 Å². The summed E-state index contributed by atoms with van der Waals surface area (Å²) < 4.78 is 37.9. The van der Waals surface area contributed by atoms with E-state index in [4.69, 9.17) is 21.1 Å². The van der Waals surface area contributed by atoms with Crippen LogP contribution < -0.4 is 9.46 Å². The molecule has 1 N–H and O–H groups in total. The maximum Gasteiger partial charge on any atom is 0.338 e. The number of rotatable bonds is 7. The second-order valence-corrected chi connectivity index (χ2v) is 8.08. The first-order valence-electron chi connectivity index (χ1n) is 8.01. The number of ether oxygens (including phenoxy) is 2. The summed E-state index contributed by atoms with van der Waals surface area (Å²) >= 11 is 5.82. The SMILES string of the molecule is COc1ccc(C(=O)OCc2ccc(Cl)cc2)cc1S(=O)(=O)NC1CC1. The van der Waals surface area contributed by atoms with Gasteiger partial charge in [-0.3, -0.25) is 0 Å². The Morgan fingerprint density at radius 1 is 1.19 bits per heavy atom. The standard InChI is InChI=1S/C18H18ClNO5S/c1-24-16-9-4-13(10-17(16)26(22,23)20-15-7-8-15)18(21)25-11-12-2-5-14(19)6-3-12/h2-6,9-10,15,20H,7-8,11H2,1H3. The van der Waals surface area contributed by atoms with Gasteiger partial charge in [0.2, 0.25) is 10.0 Å². The van der Waals surface area contributed by atoms with Crippen LogP contribution in [0.3, 0.4) is 0 Å². The molecule has 138 valence electrons. The van der Waals surface area contributed by atoms with Gasteiger partial charge in [0.1, 0.15) is 17.3 Å². The molecule has 26 heavy (non-hydrogen) atoms. The molecule has 2 aromatic rings. The van der Waals surface area contributed by atoms with Crippen LogP contribution in [0.25, 0.3) is 0 Å². The average molecular weight is 396 g/mol. The number of sulfonamides is 1. The second-order valence-electron chi connectivity index (χ2n) is 5.96. The minimum absolute atomic E-state index is 0.0507. The fourth-order valence-corrected chi connectivity index (χ4v) is 3.94. The molecule has 3 rings (SSSR count). The van der Waals surface area contributed by atoms with Crippen LogP contribution in [-0.4, -0.2) is 27.5 Å². The van der Waals surface area contributed by atoms with Crippen LogP contribution in [0.15, 0.2) is 47.4 Å². The van der Waals surface area contributed by atoms with Crippen molar-refractivity contribution in [1.82, 2.24) is 4.72 Å². The van der Waals surface area contributed by atoms with Gasteiger partial charge in [0.05, 0.1) is 12.7 Å². The van der Waals surface area contributed by atoms with E-state index in [1.165, 1.54) is 25.3 Å². The van der Waals surface area contributed by atoms with E-state index in [9.17, 15) is 13.2 Å². The number of hydrogen-bond acceptors (Lipinski definition) is 5. The molecule has 8 heteroatoms. The zero-order valence-electron chi connectivity index (χ0n) is 14.1. The number of benzene rings is 2. The number of carbonyl (C=O) groups excluding carboxylic acids is 1. The highest BCUT2D eigenvalue weighted by Gasteiger charge is 2.30. The van der Waals surface area contributed by atoms with Gasteiger partial charge in [-0.15, -0.1) is 0 Å². The Bertz CT molecular complexity index is 908. The van der Waals surface area contributed by atoms with Gasteiger partial charge in [0.25, 0.3) is 0 Å². The summed E-state index contributed by atoms with van der Waals surface area (Å²) in [6.07, 6.45) is 1.62. The highest BCUT2D eigenvalue weighted by atomic mass is 35.5. The fourth-order valence-electron chi connectivity index (χ4n) is 2.31. The molecular weight excluding hydrogens is 378 g/mol. The first-order chi connectivity index (χ1) is 12.4. The van der Waals surface area contributed by atoms with Crippen molar-refractivity contribution in [1.29, 1.82) is 0 Å². The zero-order chi connectivity index (χ0) is 18.7. The molecule has 0 heterocycles. The first kappa shape index (κ1) is 18.7. The van der Waals surface area contributed by atoms with E-state index in [0.29, 0.717) is 5.02 Å². The van der Waals surface area contributed by atoms with Gasteiger partial charge in [-0.25, -0.2) is 17.9 Å². The number of esters is 1. The molecule has 0 aromatic heterocycles. The van der Waals surface area contributed by atoms with Gasteiger partial charge >= 0.3 is 5.97 Å². The van der Waals surface area contributed by atoms with E-state index >= 15 is 0 Å². The predicted octanol–water partition coefficient (Wildman–Crippen LogP) is 3.15. The minimum atomic E-state index is -3.77. The lowest BCUT2D eigenvalue weighted by Crippen LogP contribution is -2.26. The summed E-state index contributed by atoms with van der Waals surface area (Å²) in [5.74, 6) is -0.446. The molecule has 1 aliphatic rings. The molecule has 1 fully saturated rings. The van der Waals surface area contributed by atoms with Crippen molar-refractivity contribution in [2.45, 2.75) is 30.4 Å². The number of carbonyl (C=O) groups is 1. The van der Waals surface area contributed by atoms with Gasteiger partial charge < -0.3 is 9.47 Å². The van der Waals surface area contributed by atoms with Crippen LogP contribution in [-0.2, 0) is 21.4 Å². The predicted molar refractivity (Wildman–Crippen MR) is 96.9 cm³/mol. The molecule has 0 bridgehead atoms. The Kier molecular flexibility index (Phi) is 5.50. The molecule has 0 aliphatic heterocycles. The van der Waals surface area contributed by atoms with Crippen molar-refractivity contribution < 1.29 is 22.7 Å². The molecule has 1 saturated carbocycles. The fraction of sp³-hybridized carbons (Fsp3) is 0.278. The Morgan fingerprint density at radius 3 is 2.50 bits per heavy atom. The summed E-state index contributed by atoms with van der Waals surface area (Å²) in [6, 6.07) is 11.0. The first-order valence-corrected chi connectivity index (χ1v) is 9.87. The summed E-state index contributed by atoms with van der Waals surface area (Å²) in [4.78, 5) is 12.2. The number of nitrogens with one attached hydrogen (secondary N) is 1. The monoisotopic (exact) mass is 395 g/mol. The van der Waals surface area contributed by atoms with Crippen LogP contribution >= 0.6 is 11.6 Å². The third-order valence-corrected chi connectivity index (χ3v) is 5.66. The van der Waals surface area contributed by atoms with E-state index in [1.807, 2.05) is 0 Å². The molecule has 0 unspecified atom stereocenters. The van der Waals surface area contributed by atoms with Crippen molar-refractivity contribution in [3.63, 3.8) is 0 Å². The molecule has 1 aliphatic carbocycles. The van der Waals surface area contributed by atoms with Gasteiger partial charge in [-0.2, -0.15) is 0 Å². The summed E-state index contributed by atoms with van der Waals surface area (Å²) in [5, 5.41) is 0.591. The molecule has 0 amide bonds. The maximum absolute atomic E-state index is 12.5. The highest BCUT2D eigenvalue weighted by molar-refractivity contribution is 7.89. The van der Waals surface area contributed by atoms with Crippen LogP contribution in [0.5, 0.6) is 5.75 Å². The molecule has 0 spiro atoms. The quantitative estimate of drug-likeness (QED) is 0.728. The van der Waals surface area contributed by atoms with Crippen LogP contribution in [0.2, 0.25) is 5.02 Å². The normalized spacial score (nSPS) is 14.1. The van der Waals surface area contributed by atoms with Gasteiger partial charge in [0.15, 0.2) is 0 Å². The second kappa shape index (κ2) is 7.65. The number of hydrogen-bond donors (Lipinski definition) is 1. The Balaban J connectivity index is 1.77. The maximum atomic E-state index is 12.5. The zero-order valence-corrected chi connectivity index (χ0v) is 15.6. The summed E-state index contributed by atoms with van der Waals surface area (Å²) in [7, 11) is -2.39. The third kappa shape index (κ3) is 4.55. The van der Waals surface area contributed by atoms with Gasteiger partial charge in [0, 0.05) is 11.1 Å². The Labute approximate surface area is 157 Å². The van der Waals surface area contributed by atoms with Gasteiger partial charge in [-0.1, -0.05) is 23.7 Å². The highest BCUT2D eigenvalue weighted by Crippen LogP contribution is 2.28. The lowest BCUT2D eigenvalue weighted by molar-refractivity contribution is 0.0472. The molecule has 2 aromatic carbocycles. The van der Waals surface area contributed by atoms with Crippen molar-refractivity contribution in [2.24, 2.45) is 0 Å². The topological polar surface area (TPSA) is 81.7 Å². The summed E-state index contributed by atoms with van der Waals surface area (Å²) in [5.41, 5.74) is 0.912. The van der Waals surface area contributed by atoms with E-state index < -0.39 is 16.0 Å². The largest absolute Gasteiger partial charge is 0.495 e. The lowest BCUT2D eigenvalue weighted by atomic mass is 10.2. The molecular formula is C18H18ClNO5S. The molecule has 0 saturated heterocycles. The Hall–Kier alpha value is -2.09. The molecule has 0 atom stereocenters. The minimum Gasteiger partial charge on any atom is -0.495 e. The lowest BCUT2D eigenvalue weighted by Gasteiger charge is -2.12.